The number of anilines is 1. The highest BCUT2D eigenvalue weighted by Crippen LogP contribution is 2.08. The second-order valence-electron chi connectivity index (χ2n) is 3.23. The predicted molar refractivity (Wildman–Crippen MR) is 60.2 cm³/mol. The van der Waals surface area contributed by atoms with E-state index in [0.29, 0.717) is 22.5 Å². The van der Waals surface area contributed by atoms with Gasteiger partial charge in [-0.25, -0.2) is 0 Å². The Labute approximate surface area is 90.1 Å². The number of hydrogen-bond acceptors (Lipinski definition) is 4. The Morgan fingerprint density at radius 2 is 2.27 bits per heavy atom. The molecule has 6 nitrogen and oxygen atoms in total. The number of nitrogen functional groups attached to an aromatic ring is 1. The quantitative estimate of drug-likeness (QED) is 0.658. The van der Waals surface area contributed by atoms with Gasteiger partial charge in [0.05, 0.1) is 0 Å². The Kier molecular flexibility index (Phi) is 2.31. The number of fused-ring (bicyclic) bond motifs is 1. The molecule has 0 aliphatic heterocycles. The first-order valence-electron chi connectivity index (χ1n) is 4.61. The van der Waals surface area contributed by atoms with Crippen molar-refractivity contribution in [2.45, 2.75) is 19.9 Å². The Hall–Kier alpha value is -1.63. The van der Waals surface area contributed by atoms with Crippen LogP contribution in [0.15, 0.2) is 4.79 Å². The van der Waals surface area contributed by atoms with Gasteiger partial charge in [-0.3, -0.25) is 9.78 Å². The largest absolute Gasteiger partial charge is 0.369 e. The predicted octanol–water partition coefficient (Wildman–Crippen LogP) is 0.774. The summed E-state index contributed by atoms with van der Waals surface area (Å²) < 4.78 is 2.27. The maximum atomic E-state index is 11.5. The number of aryl methyl sites for hydroxylation is 1. The van der Waals surface area contributed by atoms with Crippen molar-refractivity contribution in [3.8, 4) is 0 Å². The minimum absolute atomic E-state index is 0.103. The minimum atomic E-state index is -0.293. The van der Waals surface area contributed by atoms with Crippen molar-refractivity contribution in [2.24, 2.45) is 0 Å². The van der Waals surface area contributed by atoms with E-state index in [2.05, 4.69) is 15.0 Å². The lowest BCUT2D eigenvalue weighted by molar-refractivity contribution is 0.683. The Balaban J connectivity index is 2.87. The van der Waals surface area contributed by atoms with Crippen LogP contribution in [0, 0.1) is 4.77 Å². The number of nitrogens with one attached hydrogen (secondary N) is 2. The van der Waals surface area contributed by atoms with Crippen molar-refractivity contribution < 1.29 is 0 Å². The monoisotopic (exact) mass is 225 g/mol. The molecule has 4 N–H and O–H groups in total. The molecule has 0 fully saturated rings. The number of hydrogen-bond donors (Lipinski definition) is 3. The summed E-state index contributed by atoms with van der Waals surface area (Å²) in [7, 11) is 0. The molecule has 80 valence electrons. The van der Waals surface area contributed by atoms with E-state index in [9.17, 15) is 4.79 Å². The summed E-state index contributed by atoms with van der Waals surface area (Å²) in [6.07, 6.45) is 0.912. The fourth-order valence-corrected chi connectivity index (χ4v) is 1.77. The van der Waals surface area contributed by atoms with Gasteiger partial charge in [-0.05, 0) is 18.6 Å². The van der Waals surface area contributed by atoms with E-state index in [0.717, 1.165) is 6.42 Å². The van der Waals surface area contributed by atoms with Gasteiger partial charge in [0.1, 0.15) is 0 Å². The lowest BCUT2D eigenvalue weighted by atomic mass is 10.4. The van der Waals surface area contributed by atoms with Gasteiger partial charge in [0, 0.05) is 6.54 Å². The maximum absolute atomic E-state index is 11.5. The number of rotatable bonds is 2. The molecule has 2 heterocycles. The molecule has 0 atom stereocenters. The van der Waals surface area contributed by atoms with Gasteiger partial charge in [0.25, 0.3) is 5.56 Å². The molecule has 7 heteroatoms. The molecule has 2 aromatic rings. The molecule has 2 rings (SSSR count). The molecule has 0 unspecified atom stereocenters. The molecule has 0 radical (unpaired) electrons. The molecule has 15 heavy (non-hydrogen) atoms. The van der Waals surface area contributed by atoms with E-state index < -0.39 is 0 Å². The Bertz CT molecular complexity index is 608. The molecule has 2 aromatic heterocycles. The van der Waals surface area contributed by atoms with Crippen molar-refractivity contribution in [1.82, 2.24) is 19.5 Å². The van der Waals surface area contributed by atoms with Gasteiger partial charge in [0.2, 0.25) is 5.95 Å². The summed E-state index contributed by atoms with van der Waals surface area (Å²) in [5.74, 6) is 0.103. The molecule has 0 saturated heterocycles. The van der Waals surface area contributed by atoms with Crippen LogP contribution in [0.2, 0.25) is 0 Å². The topological polar surface area (TPSA) is 92.5 Å². The number of aromatic amines is 2. The lowest BCUT2D eigenvalue weighted by Crippen LogP contribution is -2.12. The third-order valence-electron chi connectivity index (χ3n) is 2.10. The third kappa shape index (κ3) is 1.54. The zero-order valence-electron chi connectivity index (χ0n) is 8.20. The maximum Gasteiger partial charge on any atom is 0.278 e. The summed E-state index contributed by atoms with van der Waals surface area (Å²) in [4.78, 5) is 20.8. The summed E-state index contributed by atoms with van der Waals surface area (Å²) in [5.41, 5.74) is 6.07. The van der Waals surface area contributed by atoms with Crippen LogP contribution in [0.1, 0.15) is 13.3 Å². The molecule has 0 aliphatic rings. The first-order valence-corrected chi connectivity index (χ1v) is 5.02. The van der Waals surface area contributed by atoms with E-state index in [-0.39, 0.29) is 11.5 Å². The second kappa shape index (κ2) is 3.50. The second-order valence-corrected chi connectivity index (χ2v) is 3.62. The van der Waals surface area contributed by atoms with Gasteiger partial charge < -0.3 is 15.3 Å². The molecule has 0 saturated carbocycles. The van der Waals surface area contributed by atoms with E-state index in [4.69, 9.17) is 18.0 Å². The number of nitrogens with two attached hydrogens (primary N) is 1. The highest BCUT2D eigenvalue weighted by molar-refractivity contribution is 7.71. The lowest BCUT2D eigenvalue weighted by Gasteiger charge is -2.00. The summed E-state index contributed by atoms with van der Waals surface area (Å²) in [5, 5.41) is 0. The van der Waals surface area contributed by atoms with E-state index >= 15 is 0 Å². The molecule has 0 amide bonds. The van der Waals surface area contributed by atoms with Crippen molar-refractivity contribution in [3.05, 3.63) is 15.1 Å². The van der Waals surface area contributed by atoms with Crippen molar-refractivity contribution in [3.63, 3.8) is 0 Å². The molecule has 0 aliphatic carbocycles. The number of aromatic nitrogens is 4. The van der Waals surface area contributed by atoms with E-state index in [1.807, 2.05) is 6.92 Å². The highest BCUT2D eigenvalue weighted by atomic mass is 32.1. The van der Waals surface area contributed by atoms with Crippen molar-refractivity contribution in [2.75, 3.05) is 5.73 Å². The highest BCUT2D eigenvalue weighted by Gasteiger charge is 2.09. The Morgan fingerprint density at radius 1 is 1.53 bits per heavy atom. The van der Waals surface area contributed by atoms with Crippen LogP contribution < -0.4 is 11.3 Å². The summed E-state index contributed by atoms with van der Waals surface area (Å²) in [6, 6.07) is 0. The average molecular weight is 225 g/mol. The first kappa shape index (κ1) is 9.91. The van der Waals surface area contributed by atoms with E-state index in [1.165, 1.54) is 0 Å². The number of H-pyrrole nitrogens is 2. The molecule has 0 bridgehead atoms. The van der Waals surface area contributed by atoms with Crippen LogP contribution >= 0.6 is 12.2 Å². The average Bonchev–Trinajstić information content (AvgIpc) is 2.46. The van der Waals surface area contributed by atoms with Crippen LogP contribution in [-0.2, 0) is 6.54 Å². The minimum Gasteiger partial charge on any atom is -0.369 e. The summed E-state index contributed by atoms with van der Waals surface area (Å²) in [6.45, 7) is 2.74. The standard InChI is InChI=1S/C8H11N5OS/c1-2-3-13-5-4(10-8(13)15)6(14)12-7(9)11-5/h2-3H2,1H3,(H,10,15)(H3,9,11,12,14). The van der Waals surface area contributed by atoms with Gasteiger partial charge in [-0.2, -0.15) is 4.98 Å². The smallest absolute Gasteiger partial charge is 0.278 e. The van der Waals surface area contributed by atoms with E-state index in [1.54, 1.807) is 4.57 Å². The van der Waals surface area contributed by atoms with Crippen molar-refractivity contribution >= 4 is 29.3 Å². The normalized spacial score (nSPS) is 11.0. The fourth-order valence-electron chi connectivity index (χ4n) is 1.49. The molecular weight excluding hydrogens is 214 g/mol. The molecule has 0 spiro atoms. The third-order valence-corrected chi connectivity index (χ3v) is 2.42. The van der Waals surface area contributed by atoms with Gasteiger partial charge in [-0.1, -0.05) is 6.92 Å². The fraction of sp³-hybridized carbons (Fsp3) is 0.375. The van der Waals surface area contributed by atoms with Crippen molar-refractivity contribution in [1.29, 1.82) is 0 Å². The number of nitrogens with zero attached hydrogens (tertiary/aromatic N) is 2. The first-order chi connectivity index (χ1) is 7.13. The van der Waals surface area contributed by atoms with Crippen LogP contribution in [-0.4, -0.2) is 19.5 Å². The molecular formula is C8H11N5OS. The molecule has 0 aromatic carbocycles. The number of imidazole rings is 1. The van der Waals surface area contributed by atoms with Gasteiger partial charge in [-0.15, -0.1) is 0 Å². The SMILES string of the molecule is CCCn1c(=S)[nH]c2c(=O)[nH]c(N)nc21. The van der Waals surface area contributed by atoms with Crippen LogP contribution in [0.25, 0.3) is 11.2 Å². The van der Waals surface area contributed by atoms with Gasteiger partial charge >= 0.3 is 0 Å². The van der Waals surface area contributed by atoms with Crippen LogP contribution in [0.5, 0.6) is 0 Å². The summed E-state index contributed by atoms with van der Waals surface area (Å²) >= 11 is 5.10. The Morgan fingerprint density at radius 3 is 2.93 bits per heavy atom. The zero-order valence-corrected chi connectivity index (χ0v) is 9.02. The van der Waals surface area contributed by atoms with Crippen LogP contribution in [0.3, 0.4) is 0 Å². The van der Waals surface area contributed by atoms with Crippen LogP contribution in [0.4, 0.5) is 5.95 Å². The zero-order chi connectivity index (χ0) is 11.0. The van der Waals surface area contributed by atoms with Gasteiger partial charge in [0.15, 0.2) is 15.9 Å².